The Morgan fingerprint density at radius 3 is 2.04 bits per heavy atom. The van der Waals surface area contributed by atoms with Gasteiger partial charge in [-0.2, -0.15) is 0 Å². The van der Waals surface area contributed by atoms with Crippen molar-refractivity contribution in [3.63, 3.8) is 0 Å². The van der Waals surface area contributed by atoms with Crippen LogP contribution in [0.5, 0.6) is 0 Å². The number of hydrogen-bond donors (Lipinski definition) is 2. The molecule has 1 unspecified atom stereocenters. The quantitative estimate of drug-likeness (QED) is 0.730. The second-order valence-electron chi connectivity index (χ2n) is 5.39. The number of benzene rings is 2. The maximum atomic E-state index is 12.6. The molecule has 1 atom stereocenters. The molecular weight excluding hydrogens is 290 g/mol. The summed E-state index contributed by atoms with van der Waals surface area (Å²) in [4.78, 5) is 24.9. The third-order valence-electron chi connectivity index (χ3n) is 3.62. The number of Topliss-reactive ketones (excluding diaryl/α,β-unsaturated/α-hetero) is 1. The maximum absolute atomic E-state index is 12.6. The van der Waals surface area contributed by atoms with E-state index in [1.54, 1.807) is 0 Å². The van der Waals surface area contributed by atoms with E-state index in [4.69, 9.17) is 5.11 Å². The zero-order valence-corrected chi connectivity index (χ0v) is 12.9. The average Bonchev–Trinajstić information content (AvgIpc) is 2.59. The molecule has 0 radical (unpaired) electrons. The van der Waals surface area contributed by atoms with E-state index in [2.05, 4.69) is 5.32 Å². The largest absolute Gasteiger partial charge is 0.395 e. The molecule has 2 rings (SSSR count). The summed E-state index contributed by atoms with van der Waals surface area (Å²) in [5, 5.41) is 11.5. The first-order valence-electron chi connectivity index (χ1n) is 7.70. The van der Waals surface area contributed by atoms with Crippen molar-refractivity contribution in [2.24, 2.45) is 5.92 Å². The van der Waals surface area contributed by atoms with Gasteiger partial charge in [-0.15, -0.1) is 0 Å². The van der Waals surface area contributed by atoms with Crippen molar-refractivity contribution in [3.05, 3.63) is 71.8 Å². The number of aliphatic hydroxyl groups is 1. The molecule has 0 heterocycles. The normalized spacial score (nSPS) is 11.7. The molecule has 0 saturated carbocycles. The molecule has 0 aromatic heterocycles. The zero-order chi connectivity index (χ0) is 16.5. The molecule has 0 aliphatic rings. The van der Waals surface area contributed by atoms with E-state index in [9.17, 15) is 9.59 Å². The van der Waals surface area contributed by atoms with E-state index in [-0.39, 0.29) is 31.3 Å². The highest BCUT2D eigenvalue weighted by atomic mass is 16.3. The van der Waals surface area contributed by atoms with Crippen LogP contribution in [0.4, 0.5) is 0 Å². The van der Waals surface area contributed by atoms with Crippen LogP contribution in [0, 0.1) is 5.92 Å². The zero-order valence-electron chi connectivity index (χ0n) is 12.9. The van der Waals surface area contributed by atoms with Crippen LogP contribution >= 0.6 is 0 Å². The second-order valence-corrected chi connectivity index (χ2v) is 5.39. The summed E-state index contributed by atoms with van der Waals surface area (Å²) in [6, 6.07) is 18.9. The average molecular weight is 311 g/mol. The number of aliphatic hydroxyl groups excluding tert-OH is 1. The maximum Gasteiger partial charge on any atom is 0.231 e. The minimum Gasteiger partial charge on any atom is -0.395 e. The summed E-state index contributed by atoms with van der Waals surface area (Å²) in [6.45, 7) is 0.0133. The molecule has 0 bridgehead atoms. The minimum atomic E-state index is -0.746. The molecule has 0 aliphatic heterocycles. The van der Waals surface area contributed by atoms with Crippen LogP contribution in [0.1, 0.15) is 11.1 Å². The van der Waals surface area contributed by atoms with E-state index < -0.39 is 5.92 Å². The van der Waals surface area contributed by atoms with Gasteiger partial charge in [-0.25, -0.2) is 0 Å². The molecule has 0 aliphatic carbocycles. The van der Waals surface area contributed by atoms with E-state index in [0.29, 0.717) is 6.42 Å². The number of ketones is 1. The lowest BCUT2D eigenvalue weighted by Gasteiger charge is -2.16. The monoisotopic (exact) mass is 311 g/mol. The van der Waals surface area contributed by atoms with E-state index in [1.807, 2.05) is 60.7 Å². The van der Waals surface area contributed by atoms with Gasteiger partial charge in [-0.1, -0.05) is 60.7 Å². The van der Waals surface area contributed by atoms with Gasteiger partial charge in [-0.3, -0.25) is 9.59 Å². The van der Waals surface area contributed by atoms with Gasteiger partial charge in [0.05, 0.1) is 6.61 Å². The van der Waals surface area contributed by atoms with Crippen molar-refractivity contribution in [2.75, 3.05) is 13.2 Å². The Morgan fingerprint density at radius 2 is 1.48 bits per heavy atom. The first-order valence-corrected chi connectivity index (χ1v) is 7.70. The van der Waals surface area contributed by atoms with Crippen LogP contribution in [0.25, 0.3) is 0 Å². The lowest BCUT2D eigenvalue weighted by Crippen LogP contribution is -2.38. The molecule has 0 fully saturated rings. The van der Waals surface area contributed by atoms with Gasteiger partial charge in [0, 0.05) is 13.0 Å². The topological polar surface area (TPSA) is 66.4 Å². The van der Waals surface area contributed by atoms with Crippen molar-refractivity contribution in [1.82, 2.24) is 5.32 Å². The van der Waals surface area contributed by atoms with Crippen LogP contribution < -0.4 is 5.32 Å². The number of rotatable bonds is 8. The van der Waals surface area contributed by atoms with Gasteiger partial charge in [0.25, 0.3) is 0 Å². The number of carbonyl (C=O) groups excluding carboxylic acids is 2. The van der Waals surface area contributed by atoms with Crippen molar-refractivity contribution < 1.29 is 14.7 Å². The summed E-state index contributed by atoms with van der Waals surface area (Å²) in [6.07, 6.45) is 0.592. The Labute approximate surface area is 136 Å². The Balaban J connectivity index is 2.11. The smallest absolute Gasteiger partial charge is 0.231 e. The lowest BCUT2D eigenvalue weighted by molar-refractivity contribution is -0.133. The molecular formula is C19H21NO3. The van der Waals surface area contributed by atoms with Gasteiger partial charge in [0.2, 0.25) is 5.91 Å². The Bertz CT molecular complexity index is 626. The SMILES string of the molecule is O=C(Cc1ccccc1)C(Cc1ccccc1)C(=O)NCCO. The highest BCUT2D eigenvalue weighted by molar-refractivity contribution is 6.02. The highest BCUT2D eigenvalue weighted by Crippen LogP contribution is 2.13. The standard InChI is InChI=1S/C19H21NO3/c21-12-11-20-19(23)17(13-15-7-3-1-4-8-15)18(22)14-16-9-5-2-6-10-16/h1-10,17,21H,11-14H2,(H,20,23). The van der Waals surface area contributed by atoms with Crippen LogP contribution in [0.3, 0.4) is 0 Å². The summed E-state index contributed by atoms with van der Waals surface area (Å²) < 4.78 is 0. The number of carbonyl (C=O) groups is 2. The number of amides is 1. The molecule has 2 N–H and O–H groups in total. The summed E-state index contributed by atoms with van der Waals surface area (Å²) in [7, 11) is 0. The highest BCUT2D eigenvalue weighted by Gasteiger charge is 2.26. The van der Waals surface area contributed by atoms with Crippen LogP contribution in [-0.4, -0.2) is 29.9 Å². The molecule has 4 nitrogen and oxygen atoms in total. The molecule has 2 aromatic rings. The molecule has 4 heteroatoms. The molecule has 0 spiro atoms. The molecule has 2 aromatic carbocycles. The molecule has 23 heavy (non-hydrogen) atoms. The van der Waals surface area contributed by atoms with Crippen LogP contribution in [0.2, 0.25) is 0 Å². The molecule has 120 valence electrons. The van der Waals surface area contributed by atoms with Crippen molar-refractivity contribution >= 4 is 11.7 Å². The van der Waals surface area contributed by atoms with Crippen LogP contribution in [-0.2, 0) is 22.4 Å². The minimum absolute atomic E-state index is 0.115. The summed E-state index contributed by atoms with van der Waals surface area (Å²) >= 11 is 0. The Hall–Kier alpha value is -2.46. The fourth-order valence-corrected chi connectivity index (χ4v) is 2.43. The first kappa shape index (κ1) is 16.9. The third kappa shape index (κ3) is 5.34. The van der Waals surface area contributed by atoms with Gasteiger partial charge in [0.1, 0.15) is 11.7 Å². The fraction of sp³-hybridized carbons (Fsp3) is 0.263. The van der Waals surface area contributed by atoms with Crippen molar-refractivity contribution in [3.8, 4) is 0 Å². The third-order valence-corrected chi connectivity index (χ3v) is 3.62. The predicted octanol–water partition coefficient (Wildman–Crippen LogP) is 1.77. The van der Waals surface area contributed by atoms with Gasteiger partial charge in [0.15, 0.2) is 0 Å². The van der Waals surface area contributed by atoms with Gasteiger partial charge < -0.3 is 10.4 Å². The number of nitrogens with one attached hydrogen (secondary N) is 1. The Kier molecular flexibility index (Phi) is 6.51. The van der Waals surface area contributed by atoms with Gasteiger partial charge >= 0.3 is 0 Å². The van der Waals surface area contributed by atoms with E-state index in [0.717, 1.165) is 11.1 Å². The van der Waals surface area contributed by atoms with Crippen molar-refractivity contribution in [2.45, 2.75) is 12.8 Å². The fourth-order valence-electron chi connectivity index (χ4n) is 2.43. The van der Waals surface area contributed by atoms with E-state index in [1.165, 1.54) is 0 Å². The number of hydrogen-bond acceptors (Lipinski definition) is 3. The van der Waals surface area contributed by atoms with Crippen molar-refractivity contribution in [1.29, 1.82) is 0 Å². The summed E-state index contributed by atoms with van der Waals surface area (Å²) in [5.41, 5.74) is 1.84. The van der Waals surface area contributed by atoms with E-state index >= 15 is 0 Å². The van der Waals surface area contributed by atoms with Crippen LogP contribution in [0.15, 0.2) is 60.7 Å². The molecule has 1 amide bonds. The molecule has 0 saturated heterocycles. The predicted molar refractivity (Wildman–Crippen MR) is 88.9 cm³/mol. The summed E-state index contributed by atoms with van der Waals surface area (Å²) in [5.74, 6) is -1.19. The first-order chi connectivity index (χ1) is 11.2. The van der Waals surface area contributed by atoms with Gasteiger partial charge in [-0.05, 0) is 17.5 Å². The second kappa shape index (κ2) is 8.86. The Morgan fingerprint density at radius 1 is 0.913 bits per heavy atom. The lowest BCUT2D eigenvalue weighted by atomic mass is 9.91.